The van der Waals surface area contributed by atoms with Gasteiger partial charge in [-0.15, -0.1) is 0 Å². The zero-order chi connectivity index (χ0) is 12.5. The molecule has 0 saturated carbocycles. The Hall–Kier alpha value is -1.14. The quantitative estimate of drug-likeness (QED) is 0.659. The Kier molecular flexibility index (Phi) is 3.54. The lowest BCUT2D eigenvalue weighted by atomic mass is 10.1. The van der Waals surface area contributed by atoms with E-state index in [1.54, 1.807) is 6.92 Å². The van der Waals surface area contributed by atoms with Gasteiger partial charge in [-0.3, -0.25) is 26.1 Å². The van der Waals surface area contributed by atoms with Crippen LogP contribution in [0.1, 0.15) is 27.2 Å². The standard InChI is InChI=1S/C10H20N4O2/c1-4-14-9(16)13(6-7(2)3)8(15)5-10(14,11)12/h7H,4-6,11-12H2,1-3H3. The van der Waals surface area contributed by atoms with Crippen molar-refractivity contribution in [1.82, 2.24) is 9.80 Å². The summed E-state index contributed by atoms with van der Waals surface area (Å²) < 4.78 is 0. The molecule has 1 aliphatic rings. The van der Waals surface area contributed by atoms with E-state index < -0.39 is 11.8 Å². The number of nitrogens with zero attached hydrogens (tertiary/aromatic N) is 2. The van der Waals surface area contributed by atoms with Crippen LogP contribution < -0.4 is 11.5 Å². The average Bonchev–Trinajstić information content (AvgIpc) is 2.11. The first-order valence-corrected chi connectivity index (χ1v) is 5.49. The van der Waals surface area contributed by atoms with Gasteiger partial charge in [-0.25, -0.2) is 4.79 Å². The van der Waals surface area contributed by atoms with E-state index in [-0.39, 0.29) is 18.2 Å². The maximum Gasteiger partial charge on any atom is 0.329 e. The van der Waals surface area contributed by atoms with E-state index in [1.165, 1.54) is 9.80 Å². The Bertz CT molecular complexity index is 301. The molecule has 6 nitrogen and oxygen atoms in total. The maximum absolute atomic E-state index is 12.0. The third kappa shape index (κ3) is 2.33. The lowest BCUT2D eigenvalue weighted by Gasteiger charge is -2.44. The molecule has 0 radical (unpaired) electrons. The van der Waals surface area contributed by atoms with Crippen molar-refractivity contribution in [3.05, 3.63) is 0 Å². The lowest BCUT2D eigenvalue weighted by Crippen LogP contribution is -2.72. The molecule has 1 rings (SSSR count). The summed E-state index contributed by atoms with van der Waals surface area (Å²) in [4.78, 5) is 26.3. The number of hydrogen-bond acceptors (Lipinski definition) is 4. The summed E-state index contributed by atoms with van der Waals surface area (Å²) in [5.41, 5.74) is 11.5. The van der Waals surface area contributed by atoms with Crippen LogP contribution in [-0.4, -0.2) is 40.6 Å². The molecule has 1 fully saturated rings. The van der Waals surface area contributed by atoms with Gasteiger partial charge in [0, 0.05) is 13.1 Å². The molecule has 0 aromatic carbocycles. The fraction of sp³-hybridized carbons (Fsp3) is 0.800. The molecule has 1 heterocycles. The van der Waals surface area contributed by atoms with Crippen LogP contribution in [0.15, 0.2) is 0 Å². The van der Waals surface area contributed by atoms with E-state index in [9.17, 15) is 9.59 Å². The highest BCUT2D eigenvalue weighted by Gasteiger charge is 2.44. The molecule has 0 spiro atoms. The number of amides is 3. The molecule has 16 heavy (non-hydrogen) atoms. The summed E-state index contributed by atoms with van der Waals surface area (Å²) in [6.07, 6.45) is -0.0285. The fourth-order valence-corrected chi connectivity index (χ4v) is 1.84. The minimum atomic E-state index is -1.35. The number of carbonyl (C=O) groups excluding carboxylic acids is 2. The highest BCUT2D eigenvalue weighted by Crippen LogP contribution is 2.20. The van der Waals surface area contributed by atoms with Crippen molar-refractivity contribution in [2.45, 2.75) is 33.0 Å². The molecule has 0 aromatic heterocycles. The molecular weight excluding hydrogens is 208 g/mol. The summed E-state index contributed by atoms with van der Waals surface area (Å²) >= 11 is 0. The van der Waals surface area contributed by atoms with Gasteiger partial charge in [-0.2, -0.15) is 0 Å². The average molecular weight is 228 g/mol. The van der Waals surface area contributed by atoms with Crippen molar-refractivity contribution in [2.75, 3.05) is 13.1 Å². The zero-order valence-electron chi connectivity index (χ0n) is 10.1. The minimum Gasteiger partial charge on any atom is -0.296 e. The molecule has 1 aliphatic heterocycles. The van der Waals surface area contributed by atoms with E-state index in [2.05, 4.69) is 0 Å². The van der Waals surface area contributed by atoms with Crippen molar-refractivity contribution in [2.24, 2.45) is 17.4 Å². The molecule has 1 saturated heterocycles. The van der Waals surface area contributed by atoms with Crippen LogP contribution in [0, 0.1) is 5.92 Å². The van der Waals surface area contributed by atoms with E-state index in [1.807, 2.05) is 13.8 Å². The smallest absolute Gasteiger partial charge is 0.296 e. The molecule has 0 bridgehead atoms. The summed E-state index contributed by atoms with van der Waals surface area (Å²) in [5.74, 6) is -1.42. The first kappa shape index (κ1) is 12.9. The first-order chi connectivity index (χ1) is 7.29. The Morgan fingerprint density at radius 2 is 1.94 bits per heavy atom. The minimum absolute atomic E-state index is 0.0285. The molecule has 0 atom stereocenters. The van der Waals surface area contributed by atoms with Gasteiger partial charge in [0.05, 0.1) is 6.42 Å². The second kappa shape index (κ2) is 4.39. The van der Waals surface area contributed by atoms with Crippen molar-refractivity contribution < 1.29 is 9.59 Å². The summed E-state index contributed by atoms with van der Waals surface area (Å²) in [5, 5.41) is 0. The van der Waals surface area contributed by atoms with Crippen LogP contribution in [0.2, 0.25) is 0 Å². The zero-order valence-corrected chi connectivity index (χ0v) is 10.1. The molecule has 3 amide bonds. The fourth-order valence-electron chi connectivity index (χ4n) is 1.84. The van der Waals surface area contributed by atoms with Crippen LogP contribution in [0.4, 0.5) is 4.79 Å². The number of rotatable bonds is 3. The van der Waals surface area contributed by atoms with Gasteiger partial charge >= 0.3 is 6.03 Å². The van der Waals surface area contributed by atoms with Crippen molar-refractivity contribution >= 4 is 11.9 Å². The third-order valence-electron chi connectivity index (χ3n) is 2.56. The second-order valence-electron chi connectivity index (χ2n) is 4.59. The highest BCUT2D eigenvalue weighted by molar-refractivity contribution is 5.97. The van der Waals surface area contributed by atoms with Crippen LogP contribution in [-0.2, 0) is 4.79 Å². The number of hydrogen-bond donors (Lipinski definition) is 2. The van der Waals surface area contributed by atoms with Crippen molar-refractivity contribution in [1.29, 1.82) is 0 Å². The summed E-state index contributed by atoms with van der Waals surface area (Å²) in [6, 6.07) is -0.391. The van der Waals surface area contributed by atoms with Crippen LogP contribution in [0.25, 0.3) is 0 Å². The van der Waals surface area contributed by atoms with Gasteiger partial charge in [0.25, 0.3) is 0 Å². The van der Waals surface area contributed by atoms with Crippen LogP contribution in [0.3, 0.4) is 0 Å². The van der Waals surface area contributed by atoms with Gasteiger partial charge in [0.15, 0.2) is 5.79 Å². The number of imide groups is 1. The van der Waals surface area contributed by atoms with E-state index in [4.69, 9.17) is 11.5 Å². The van der Waals surface area contributed by atoms with Crippen molar-refractivity contribution in [3.63, 3.8) is 0 Å². The highest BCUT2D eigenvalue weighted by atomic mass is 16.2. The predicted molar refractivity (Wildman–Crippen MR) is 60.0 cm³/mol. The SMILES string of the molecule is CCN1C(=O)N(CC(C)C)C(=O)CC1(N)N. The van der Waals surface area contributed by atoms with E-state index >= 15 is 0 Å². The van der Waals surface area contributed by atoms with E-state index in [0.29, 0.717) is 13.1 Å². The molecule has 4 N–H and O–H groups in total. The molecular formula is C10H20N4O2. The Morgan fingerprint density at radius 3 is 2.38 bits per heavy atom. The molecule has 0 unspecified atom stereocenters. The van der Waals surface area contributed by atoms with Gasteiger partial charge in [-0.05, 0) is 12.8 Å². The Labute approximate surface area is 95.5 Å². The predicted octanol–water partition coefficient (Wildman–Crippen LogP) is -0.112. The lowest BCUT2D eigenvalue weighted by molar-refractivity contribution is -0.136. The van der Waals surface area contributed by atoms with Crippen molar-refractivity contribution in [3.8, 4) is 0 Å². The van der Waals surface area contributed by atoms with Gasteiger partial charge < -0.3 is 0 Å². The maximum atomic E-state index is 12.0. The van der Waals surface area contributed by atoms with Gasteiger partial charge in [0.2, 0.25) is 5.91 Å². The Morgan fingerprint density at radius 1 is 1.38 bits per heavy atom. The van der Waals surface area contributed by atoms with Gasteiger partial charge in [-0.1, -0.05) is 13.8 Å². The topological polar surface area (TPSA) is 92.7 Å². The summed E-state index contributed by atoms with van der Waals surface area (Å²) in [7, 11) is 0. The molecule has 0 aromatic rings. The van der Waals surface area contributed by atoms with Gasteiger partial charge in [0.1, 0.15) is 0 Å². The second-order valence-corrected chi connectivity index (χ2v) is 4.59. The van der Waals surface area contributed by atoms with E-state index in [0.717, 1.165) is 0 Å². The molecule has 0 aliphatic carbocycles. The summed E-state index contributed by atoms with van der Waals surface area (Å²) in [6.45, 7) is 6.49. The monoisotopic (exact) mass is 228 g/mol. The number of urea groups is 1. The largest absolute Gasteiger partial charge is 0.329 e. The Balaban J connectivity index is 2.91. The number of nitrogens with two attached hydrogens (primary N) is 2. The van der Waals surface area contributed by atoms with Crippen LogP contribution >= 0.6 is 0 Å². The van der Waals surface area contributed by atoms with Crippen LogP contribution in [0.5, 0.6) is 0 Å². The third-order valence-corrected chi connectivity index (χ3v) is 2.56. The number of carbonyl (C=O) groups is 2. The first-order valence-electron chi connectivity index (χ1n) is 5.49. The normalized spacial score (nSPS) is 20.9. The molecule has 6 heteroatoms. The molecule has 92 valence electrons.